The number of hydrogen-bond donors (Lipinski definition) is 1. The fourth-order valence-electron chi connectivity index (χ4n) is 4.45. The molecular formula is C25H32ClN2O3+. The van der Waals surface area contributed by atoms with Gasteiger partial charge in [0.15, 0.2) is 12.6 Å². The number of benzene rings is 2. The Morgan fingerprint density at radius 1 is 1.06 bits per heavy atom. The molecule has 0 bridgehead atoms. The Balaban J connectivity index is 1.71. The van der Waals surface area contributed by atoms with Crippen LogP contribution in [0.15, 0.2) is 42.5 Å². The molecule has 0 spiro atoms. The molecule has 31 heavy (non-hydrogen) atoms. The average Bonchev–Trinajstić information content (AvgIpc) is 2.75. The molecule has 0 saturated carbocycles. The molecule has 0 aliphatic carbocycles. The van der Waals surface area contributed by atoms with Gasteiger partial charge in [0.1, 0.15) is 6.61 Å². The van der Waals surface area contributed by atoms with Gasteiger partial charge in [0.2, 0.25) is 0 Å². The lowest BCUT2D eigenvalue weighted by molar-refractivity contribution is -0.938. The molecule has 2 aromatic carbocycles. The van der Waals surface area contributed by atoms with Crippen LogP contribution in [0.3, 0.4) is 0 Å². The maximum absolute atomic E-state index is 13.3. The molecule has 1 amide bonds. The summed E-state index contributed by atoms with van der Waals surface area (Å²) in [6.07, 6.45) is 3.13. The second kappa shape index (κ2) is 10.3. The largest absolute Gasteiger partial charge is 0.457 e. The van der Waals surface area contributed by atoms with Crippen molar-refractivity contribution in [1.82, 2.24) is 0 Å². The van der Waals surface area contributed by atoms with E-state index in [4.69, 9.17) is 16.3 Å². The van der Waals surface area contributed by atoms with E-state index >= 15 is 0 Å². The van der Waals surface area contributed by atoms with Crippen LogP contribution in [0.1, 0.15) is 42.9 Å². The maximum Gasteiger partial charge on any atom is 0.362 e. The molecule has 166 valence electrons. The predicted molar refractivity (Wildman–Crippen MR) is 124 cm³/mol. The van der Waals surface area contributed by atoms with Gasteiger partial charge < -0.3 is 14.5 Å². The summed E-state index contributed by atoms with van der Waals surface area (Å²) in [7, 11) is 0. The molecule has 0 radical (unpaired) electrons. The van der Waals surface area contributed by atoms with Gasteiger partial charge in [0.05, 0.1) is 13.1 Å². The molecule has 1 aliphatic heterocycles. The van der Waals surface area contributed by atoms with E-state index < -0.39 is 0 Å². The molecule has 1 heterocycles. The summed E-state index contributed by atoms with van der Waals surface area (Å²) >= 11 is 6.13. The first-order valence-corrected chi connectivity index (χ1v) is 11.3. The van der Waals surface area contributed by atoms with Crippen molar-refractivity contribution in [2.45, 2.75) is 52.7 Å². The predicted octanol–water partition coefficient (Wildman–Crippen LogP) is 5.03. The van der Waals surface area contributed by atoms with E-state index in [1.807, 2.05) is 63.2 Å². The molecule has 1 saturated heterocycles. The van der Waals surface area contributed by atoms with Gasteiger partial charge >= 0.3 is 5.97 Å². The maximum atomic E-state index is 13.3. The molecule has 1 unspecified atom stereocenters. The van der Waals surface area contributed by atoms with Crippen molar-refractivity contribution in [3.05, 3.63) is 64.2 Å². The highest BCUT2D eigenvalue weighted by Gasteiger charge is 2.42. The normalized spacial score (nSPS) is 16.4. The Morgan fingerprint density at radius 2 is 1.68 bits per heavy atom. The summed E-state index contributed by atoms with van der Waals surface area (Å²) in [6, 6.07) is 13.0. The van der Waals surface area contributed by atoms with Crippen molar-refractivity contribution < 1.29 is 18.8 Å². The van der Waals surface area contributed by atoms with Crippen molar-refractivity contribution in [3.8, 4) is 0 Å². The van der Waals surface area contributed by atoms with Gasteiger partial charge in [-0.1, -0.05) is 41.9 Å². The van der Waals surface area contributed by atoms with E-state index in [0.717, 1.165) is 54.7 Å². The first-order chi connectivity index (χ1) is 14.8. The first-order valence-electron chi connectivity index (χ1n) is 10.9. The zero-order valence-corrected chi connectivity index (χ0v) is 19.4. The van der Waals surface area contributed by atoms with Crippen LogP contribution in [0.2, 0.25) is 5.02 Å². The average molecular weight is 444 g/mol. The summed E-state index contributed by atoms with van der Waals surface area (Å²) in [5.41, 5.74) is 3.61. The molecule has 1 fully saturated rings. The van der Waals surface area contributed by atoms with Crippen LogP contribution >= 0.6 is 11.6 Å². The lowest BCUT2D eigenvalue weighted by Gasteiger charge is -2.44. The highest BCUT2D eigenvalue weighted by atomic mass is 35.5. The number of ether oxygens (including phenoxy) is 1. The number of amides is 1. The standard InChI is InChI=1S/C25H31ClN2O3/c1-18-14-22(26)15-19(2)24(18)27-25(30)20(3)28(12-8-5-9-13-28)16-23(29)31-17-21-10-6-4-7-11-21/h4,6-7,10-11,14-15,20H,5,8-9,12-13,16-17H2,1-3H3/p+1. The molecule has 1 aliphatic rings. The molecule has 1 atom stereocenters. The number of nitrogens with one attached hydrogen (secondary N) is 1. The van der Waals surface area contributed by atoms with Crippen LogP contribution in [0.4, 0.5) is 5.69 Å². The van der Waals surface area contributed by atoms with Gasteiger partial charge in [-0.2, -0.15) is 0 Å². The number of likely N-dealkylation sites (tertiary alicyclic amines) is 1. The van der Waals surface area contributed by atoms with Gasteiger partial charge in [-0.3, -0.25) is 4.79 Å². The van der Waals surface area contributed by atoms with E-state index in [1.165, 1.54) is 0 Å². The van der Waals surface area contributed by atoms with Crippen LogP contribution in [0.5, 0.6) is 0 Å². The number of esters is 1. The van der Waals surface area contributed by atoms with E-state index in [2.05, 4.69) is 5.32 Å². The number of rotatable bonds is 7. The third-order valence-corrected chi connectivity index (χ3v) is 6.56. The van der Waals surface area contributed by atoms with E-state index in [1.54, 1.807) is 0 Å². The molecular weight excluding hydrogens is 412 g/mol. The second-order valence-corrected chi connectivity index (χ2v) is 9.05. The van der Waals surface area contributed by atoms with Crippen molar-refractivity contribution in [2.75, 3.05) is 25.0 Å². The molecule has 3 rings (SSSR count). The summed E-state index contributed by atoms with van der Waals surface area (Å²) in [6.45, 7) is 7.85. The number of aryl methyl sites for hydroxylation is 2. The Kier molecular flexibility index (Phi) is 7.74. The zero-order chi connectivity index (χ0) is 22.4. The minimum absolute atomic E-state index is 0.0775. The van der Waals surface area contributed by atoms with Gasteiger partial charge in [-0.25, -0.2) is 4.79 Å². The number of nitrogens with zero attached hydrogens (tertiary/aromatic N) is 1. The van der Waals surface area contributed by atoms with Crippen LogP contribution in [-0.4, -0.2) is 42.0 Å². The van der Waals surface area contributed by atoms with Crippen molar-refractivity contribution >= 4 is 29.2 Å². The summed E-state index contributed by atoms with van der Waals surface area (Å²) < 4.78 is 5.99. The Bertz CT molecular complexity index is 901. The van der Waals surface area contributed by atoms with Gasteiger partial charge in [-0.05, 0) is 68.9 Å². The Labute approximate surface area is 189 Å². The quantitative estimate of drug-likeness (QED) is 0.482. The van der Waals surface area contributed by atoms with Crippen molar-refractivity contribution in [3.63, 3.8) is 0 Å². The lowest BCUT2D eigenvalue weighted by atomic mass is 10.0. The van der Waals surface area contributed by atoms with Gasteiger partial charge in [0.25, 0.3) is 5.91 Å². The van der Waals surface area contributed by atoms with E-state index in [-0.39, 0.29) is 31.1 Å². The highest BCUT2D eigenvalue weighted by Crippen LogP contribution is 2.28. The SMILES string of the molecule is Cc1cc(Cl)cc(C)c1NC(=O)C(C)[N+]1(CC(=O)OCc2ccccc2)CCCCC1. The fraction of sp³-hybridized carbons (Fsp3) is 0.440. The zero-order valence-electron chi connectivity index (χ0n) is 18.6. The molecule has 1 N–H and O–H groups in total. The third kappa shape index (κ3) is 5.86. The first kappa shape index (κ1) is 23.3. The van der Waals surface area contributed by atoms with Crippen molar-refractivity contribution in [1.29, 1.82) is 0 Å². The summed E-state index contributed by atoms with van der Waals surface area (Å²) in [5.74, 6) is -0.337. The van der Waals surface area contributed by atoms with Gasteiger partial charge in [-0.15, -0.1) is 0 Å². The second-order valence-electron chi connectivity index (χ2n) is 8.61. The molecule has 2 aromatic rings. The number of carbonyl (C=O) groups is 2. The van der Waals surface area contributed by atoms with Crippen LogP contribution in [0, 0.1) is 13.8 Å². The highest BCUT2D eigenvalue weighted by molar-refractivity contribution is 6.30. The number of carbonyl (C=O) groups excluding carboxylic acids is 2. The van der Waals surface area contributed by atoms with E-state index in [9.17, 15) is 9.59 Å². The van der Waals surface area contributed by atoms with Crippen LogP contribution in [0.25, 0.3) is 0 Å². The van der Waals surface area contributed by atoms with Gasteiger partial charge in [0, 0.05) is 10.7 Å². The summed E-state index contributed by atoms with van der Waals surface area (Å²) in [4.78, 5) is 26.0. The third-order valence-electron chi connectivity index (χ3n) is 6.34. The van der Waals surface area contributed by atoms with Crippen molar-refractivity contribution in [2.24, 2.45) is 0 Å². The summed E-state index contributed by atoms with van der Waals surface area (Å²) in [5, 5.41) is 3.75. The Morgan fingerprint density at radius 3 is 2.29 bits per heavy atom. The smallest absolute Gasteiger partial charge is 0.362 e. The van der Waals surface area contributed by atoms with Crippen LogP contribution < -0.4 is 5.32 Å². The topological polar surface area (TPSA) is 55.4 Å². The van der Waals surface area contributed by atoms with E-state index in [0.29, 0.717) is 9.51 Å². The fourth-order valence-corrected chi connectivity index (χ4v) is 4.78. The van der Waals surface area contributed by atoms with Crippen LogP contribution in [-0.2, 0) is 20.9 Å². The number of anilines is 1. The minimum atomic E-state index is -0.362. The lowest BCUT2D eigenvalue weighted by Crippen LogP contribution is -2.63. The number of piperidine rings is 1. The monoisotopic (exact) mass is 443 g/mol. The molecule has 5 nitrogen and oxygen atoms in total. The molecule has 0 aromatic heterocycles. The number of quaternary nitrogens is 1. The minimum Gasteiger partial charge on any atom is -0.457 e. The number of hydrogen-bond acceptors (Lipinski definition) is 3. The Hall–Kier alpha value is -2.37. The number of halogens is 1. The molecule has 6 heteroatoms.